The third kappa shape index (κ3) is 4.98. The molecule has 7 unspecified atom stereocenters. The largest absolute Gasteiger partial charge is 0.494 e. The number of nitrogens with zero attached hydrogens (tertiary/aromatic N) is 4. The Labute approximate surface area is 228 Å². The van der Waals surface area contributed by atoms with E-state index in [0.717, 1.165) is 62.4 Å². The first-order chi connectivity index (χ1) is 18.1. The molecule has 0 bridgehead atoms. The lowest BCUT2D eigenvalue weighted by atomic mass is 9.72. The van der Waals surface area contributed by atoms with E-state index >= 15 is 0 Å². The van der Waals surface area contributed by atoms with Crippen molar-refractivity contribution in [3.05, 3.63) is 35.9 Å². The number of morpholine rings is 1. The van der Waals surface area contributed by atoms with Crippen LogP contribution in [0.15, 0.2) is 45.9 Å². The van der Waals surface area contributed by atoms with Gasteiger partial charge in [0, 0.05) is 55.5 Å². The van der Waals surface area contributed by atoms with Gasteiger partial charge in [0.15, 0.2) is 0 Å². The second-order valence-corrected chi connectivity index (χ2v) is 11.7. The highest BCUT2D eigenvalue weighted by Gasteiger charge is 2.48. The Morgan fingerprint density at radius 2 is 2.00 bits per heavy atom. The summed E-state index contributed by atoms with van der Waals surface area (Å²) in [6.07, 6.45) is 14.8. The summed E-state index contributed by atoms with van der Waals surface area (Å²) < 4.78 is 11.5. The topological polar surface area (TPSA) is 78.8 Å². The van der Waals surface area contributed by atoms with E-state index in [4.69, 9.17) is 42.7 Å². The van der Waals surface area contributed by atoms with E-state index in [2.05, 4.69) is 22.5 Å². The maximum atomic E-state index is 13.9. The van der Waals surface area contributed by atoms with Gasteiger partial charge in [-0.05, 0) is 25.3 Å². The quantitative estimate of drug-likeness (QED) is 0.546. The van der Waals surface area contributed by atoms with Crippen LogP contribution in [0.5, 0.6) is 0 Å². The normalized spacial score (nSPS) is 37.9. The Balaban J connectivity index is 1.28. The number of rotatable bonds is 4. The van der Waals surface area contributed by atoms with Crippen LogP contribution in [-0.4, -0.2) is 90.0 Å². The number of carbonyl (C=O) groups is 1. The molecule has 1 amide bonds. The smallest absolute Gasteiger partial charge is 0.248 e. The molecule has 6 rings (SSSR count). The van der Waals surface area contributed by atoms with E-state index in [1.54, 1.807) is 0 Å². The number of amides is 1. The van der Waals surface area contributed by atoms with Crippen LogP contribution in [0.1, 0.15) is 32.1 Å². The van der Waals surface area contributed by atoms with E-state index < -0.39 is 5.92 Å². The average molecular weight is 549 g/mol. The number of hydrazine groups is 1. The molecular formula is C27H35Cl2N5O3. The first-order valence-corrected chi connectivity index (χ1v) is 14.5. The Kier molecular flexibility index (Phi) is 7.61. The molecule has 0 aromatic carbocycles. The number of hydrogen-bond acceptors (Lipinski definition) is 7. The van der Waals surface area contributed by atoms with Crippen LogP contribution in [0.2, 0.25) is 0 Å². The molecule has 4 aliphatic heterocycles. The van der Waals surface area contributed by atoms with E-state index in [1.165, 1.54) is 0 Å². The average Bonchev–Trinajstić information content (AvgIpc) is 2.94. The minimum absolute atomic E-state index is 0.0277. The third-order valence-corrected chi connectivity index (χ3v) is 9.70. The molecule has 2 aliphatic carbocycles. The monoisotopic (exact) mass is 547 g/mol. The van der Waals surface area contributed by atoms with Crippen molar-refractivity contribution in [3.63, 3.8) is 0 Å². The maximum absolute atomic E-state index is 13.9. The number of carbonyl (C=O) groups excluding carboxylic acids is 1. The van der Waals surface area contributed by atoms with Crippen molar-refractivity contribution in [2.75, 3.05) is 39.5 Å². The van der Waals surface area contributed by atoms with Crippen molar-refractivity contribution in [3.8, 4) is 0 Å². The van der Waals surface area contributed by atoms with Gasteiger partial charge < -0.3 is 9.47 Å². The van der Waals surface area contributed by atoms with Gasteiger partial charge in [-0.3, -0.25) is 30.1 Å². The fraction of sp³-hybridized carbons (Fsp3) is 0.667. The number of hydrogen-bond donors (Lipinski definition) is 1. The predicted octanol–water partition coefficient (Wildman–Crippen LogP) is 3.28. The lowest BCUT2D eigenvalue weighted by Gasteiger charge is -2.47. The fourth-order valence-corrected chi connectivity index (χ4v) is 7.33. The molecule has 1 saturated carbocycles. The molecule has 1 N–H and O–H groups in total. The van der Waals surface area contributed by atoms with Gasteiger partial charge in [0.2, 0.25) is 5.91 Å². The Bertz CT molecular complexity index is 1040. The molecule has 4 heterocycles. The van der Waals surface area contributed by atoms with Crippen LogP contribution in [-0.2, 0) is 14.3 Å². The second kappa shape index (κ2) is 11.1. The molecule has 10 heteroatoms. The van der Waals surface area contributed by atoms with E-state index in [9.17, 15) is 4.79 Å². The summed E-state index contributed by atoms with van der Waals surface area (Å²) in [4.78, 5) is 26.1. The number of alkyl halides is 2. The molecule has 0 aromatic rings. The standard InChI is InChI=1S/C27H35Cl2N5O3/c28-20-5-3-4-17(23(20)29)24-25-18(8-9-30-24)26(33-10-13-36-14-11-33)19(16-31-25)27(35)32-34-12-15-37-22-7-2-1-6-21(22)34/h1,6,8-9,16-20,23,25-26H,2-5,7,10-15H2,(H,32,35). The molecule has 0 radical (unpaired) electrons. The van der Waals surface area contributed by atoms with Crippen LogP contribution < -0.4 is 5.43 Å². The maximum Gasteiger partial charge on any atom is 0.248 e. The van der Waals surface area contributed by atoms with Crippen LogP contribution in [0.25, 0.3) is 0 Å². The minimum atomic E-state index is -0.401. The zero-order valence-corrected chi connectivity index (χ0v) is 22.5. The third-order valence-electron chi connectivity index (χ3n) is 8.47. The number of aliphatic imine (C=N–C) groups is 2. The lowest BCUT2D eigenvalue weighted by Crippen LogP contribution is -2.61. The highest BCUT2D eigenvalue weighted by Crippen LogP contribution is 2.40. The van der Waals surface area contributed by atoms with Crippen LogP contribution in [0.4, 0.5) is 0 Å². The summed E-state index contributed by atoms with van der Waals surface area (Å²) in [7, 11) is 0. The molecule has 6 aliphatic rings. The summed E-state index contributed by atoms with van der Waals surface area (Å²) >= 11 is 13.4. The van der Waals surface area contributed by atoms with Crippen molar-refractivity contribution >= 4 is 41.0 Å². The Morgan fingerprint density at radius 3 is 2.86 bits per heavy atom. The van der Waals surface area contributed by atoms with Gasteiger partial charge in [-0.1, -0.05) is 18.6 Å². The lowest BCUT2D eigenvalue weighted by molar-refractivity contribution is -0.131. The number of nitrogens with one attached hydrogen (secondary N) is 1. The summed E-state index contributed by atoms with van der Waals surface area (Å²) in [6, 6.07) is -0.178. The molecule has 0 spiro atoms. The Morgan fingerprint density at radius 1 is 1.14 bits per heavy atom. The van der Waals surface area contributed by atoms with Gasteiger partial charge in [0.1, 0.15) is 12.4 Å². The van der Waals surface area contributed by atoms with E-state index in [0.29, 0.717) is 26.4 Å². The number of allylic oxidation sites excluding steroid dienone is 3. The van der Waals surface area contributed by atoms with Crippen molar-refractivity contribution in [2.24, 2.45) is 27.7 Å². The van der Waals surface area contributed by atoms with Crippen molar-refractivity contribution < 1.29 is 14.3 Å². The highest BCUT2D eigenvalue weighted by molar-refractivity contribution is 6.31. The Hall–Kier alpha value is -1.87. The number of ether oxygens (including phenoxy) is 2. The van der Waals surface area contributed by atoms with Gasteiger partial charge in [-0.25, -0.2) is 0 Å². The summed E-state index contributed by atoms with van der Waals surface area (Å²) in [6.45, 7) is 4.07. The van der Waals surface area contributed by atoms with Crippen molar-refractivity contribution in [1.29, 1.82) is 0 Å². The molecule has 8 nitrogen and oxygen atoms in total. The minimum Gasteiger partial charge on any atom is -0.494 e. The predicted molar refractivity (Wildman–Crippen MR) is 145 cm³/mol. The van der Waals surface area contributed by atoms with Crippen LogP contribution in [0.3, 0.4) is 0 Å². The molecule has 200 valence electrons. The van der Waals surface area contributed by atoms with Crippen LogP contribution >= 0.6 is 23.2 Å². The first kappa shape index (κ1) is 25.4. The van der Waals surface area contributed by atoms with Gasteiger partial charge in [-0.2, -0.15) is 0 Å². The summed E-state index contributed by atoms with van der Waals surface area (Å²) in [5.41, 5.74) is 5.17. The van der Waals surface area contributed by atoms with Crippen LogP contribution in [0, 0.1) is 17.8 Å². The van der Waals surface area contributed by atoms with Crippen molar-refractivity contribution in [2.45, 2.75) is 54.9 Å². The fourth-order valence-electron chi connectivity index (χ4n) is 6.62. The molecule has 37 heavy (non-hydrogen) atoms. The van der Waals surface area contributed by atoms with Gasteiger partial charge >= 0.3 is 0 Å². The van der Waals surface area contributed by atoms with Gasteiger partial charge in [-0.15, -0.1) is 23.2 Å². The molecule has 0 aromatic heterocycles. The molecule has 2 fully saturated rings. The molecule has 7 atom stereocenters. The number of fused-ring (bicyclic) bond motifs is 1. The van der Waals surface area contributed by atoms with Gasteiger partial charge in [0.25, 0.3) is 0 Å². The van der Waals surface area contributed by atoms with Gasteiger partial charge in [0.05, 0.1) is 48.2 Å². The molecular weight excluding hydrogens is 513 g/mol. The van der Waals surface area contributed by atoms with Crippen molar-refractivity contribution in [1.82, 2.24) is 15.3 Å². The summed E-state index contributed by atoms with van der Waals surface area (Å²) in [5, 5.41) is 1.72. The highest BCUT2D eigenvalue weighted by atomic mass is 35.5. The first-order valence-electron chi connectivity index (χ1n) is 13.6. The summed E-state index contributed by atoms with van der Waals surface area (Å²) in [5.74, 6) is 0.632. The molecule has 1 saturated heterocycles. The zero-order valence-electron chi connectivity index (χ0n) is 21.0. The SMILES string of the molecule is O=C(NN1CCOC2=C1C=CCC2)C1C=NC2C(C3CCCC(Cl)C3Cl)=NC=CC2C1N1CCOCC1. The number of halogens is 2. The zero-order chi connectivity index (χ0) is 25.4. The van der Waals surface area contributed by atoms with E-state index in [1.807, 2.05) is 23.5 Å². The van der Waals surface area contributed by atoms with E-state index in [-0.39, 0.29) is 40.6 Å². The second-order valence-electron chi connectivity index (χ2n) is 10.6.